The van der Waals surface area contributed by atoms with Gasteiger partial charge in [-0.05, 0) is 18.4 Å². The molecule has 0 unspecified atom stereocenters. The lowest BCUT2D eigenvalue weighted by molar-refractivity contribution is 0.877. The first-order valence-electron chi connectivity index (χ1n) is 5.23. The van der Waals surface area contributed by atoms with Crippen LogP contribution in [0.2, 0.25) is 0 Å². The van der Waals surface area contributed by atoms with Gasteiger partial charge in [-0.15, -0.1) is 23.7 Å². The van der Waals surface area contributed by atoms with Crippen molar-refractivity contribution < 1.29 is 0 Å². The molecular formula is C11H12ClN5S. The van der Waals surface area contributed by atoms with Crippen LogP contribution in [0, 0.1) is 6.92 Å². The number of hydrogen-bond donors (Lipinski definition) is 1. The van der Waals surface area contributed by atoms with Crippen LogP contribution in [0.1, 0.15) is 5.82 Å². The van der Waals surface area contributed by atoms with E-state index in [1.54, 1.807) is 15.9 Å². The molecule has 3 aromatic heterocycles. The molecule has 0 radical (unpaired) electrons. The number of thiophene rings is 1. The lowest BCUT2D eigenvalue weighted by Crippen LogP contribution is -2.05. The van der Waals surface area contributed by atoms with Crippen LogP contribution < -0.4 is 5.32 Å². The summed E-state index contributed by atoms with van der Waals surface area (Å²) in [6, 6.07) is 4.09. The maximum Gasteiger partial charge on any atom is 0.227 e. The average Bonchev–Trinajstić information content (AvgIpc) is 2.94. The molecule has 0 aliphatic rings. The molecule has 3 rings (SSSR count). The molecule has 0 fully saturated rings. The van der Waals surface area contributed by atoms with Gasteiger partial charge in [0.15, 0.2) is 5.65 Å². The van der Waals surface area contributed by atoms with Crippen LogP contribution >= 0.6 is 23.7 Å². The highest BCUT2D eigenvalue weighted by atomic mass is 35.5. The van der Waals surface area contributed by atoms with Gasteiger partial charge in [0.25, 0.3) is 0 Å². The highest BCUT2D eigenvalue weighted by Gasteiger charge is 2.12. The van der Waals surface area contributed by atoms with E-state index in [4.69, 9.17) is 0 Å². The summed E-state index contributed by atoms with van der Waals surface area (Å²) in [5, 5.41) is 9.39. The number of aromatic nitrogens is 4. The number of nitrogens with one attached hydrogen (secondary N) is 1. The highest BCUT2D eigenvalue weighted by Crippen LogP contribution is 2.28. The predicted octanol–water partition coefficient (Wildman–Crippen LogP) is 2.62. The molecule has 0 saturated carbocycles. The Morgan fingerprint density at radius 3 is 2.83 bits per heavy atom. The van der Waals surface area contributed by atoms with Gasteiger partial charge in [-0.3, -0.25) is 0 Å². The van der Waals surface area contributed by atoms with Gasteiger partial charge in [0.1, 0.15) is 5.82 Å². The third kappa shape index (κ3) is 1.93. The zero-order chi connectivity index (χ0) is 11.8. The van der Waals surface area contributed by atoms with E-state index >= 15 is 0 Å². The number of nitrogens with zero attached hydrogens (tertiary/aromatic N) is 4. The molecule has 0 bridgehead atoms. The lowest BCUT2D eigenvalue weighted by atomic mass is 10.3. The van der Waals surface area contributed by atoms with Crippen molar-refractivity contribution in [3.8, 4) is 10.4 Å². The van der Waals surface area contributed by atoms with Crippen LogP contribution in [0.3, 0.4) is 0 Å². The second kappa shape index (κ2) is 4.91. The van der Waals surface area contributed by atoms with Gasteiger partial charge in [0.2, 0.25) is 5.95 Å². The van der Waals surface area contributed by atoms with E-state index in [1.807, 2.05) is 31.6 Å². The van der Waals surface area contributed by atoms with E-state index in [9.17, 15) is 0 Å². The fourth-order valence-corrected chi connectivity index (χ4v) is 2.48. The maximum absolute atomic E-state index is 4.46. The Morgan fingerprint density at radius 1 is 1.33 bits per heavy atom. The minimum Gasteiger partial charge on any atom is -0.357 e. The highest BCUT2D eigenvalue weighted by molar-refractivity contribution is 7.13. The second-order valence-electron chi connectivity index (χ2n) is 3.62. The maximum atomic E-state index is 4.46. The molecule has 7 heteroatoms. The summed E-state index contributed by atoms with van der Waals surface area (Å²) in [5.74, 6) is 1.44. The Hall–Kier alpha value is -1.66. The van der Waals surface area contributed by atoms with E-state index < -0.39 is 0 Å². The van der Waals surface area contributed by atoms with Gasteiger partial charge in [-0.2, -0.15) is 14.6 Å². The van der Waals surface area contributed by atoms with Crippen LogP contribution in [0.15, 0.2) is 23.7 Å². The van der Waals surface area contributed by atoms with Crippen LogP contribution in [-0.4, -0.2) is 26.6 Å². The molecule has 0 aliphatic carbocycles. The Bertz CT molecular complexity index is 661. The molecule has 0 aliphatic heterocycles. The van der Waals surface area contributed by atoms with Crippen molar-refractivity contribution in [2.75, 3.05) is 12.4 Å². The Balaban J connectivity index is 0.00000120. The van der Waals surface area contributed by atoms with Crippen LogP contribution in [0.5, 0.6) is 0 Å². The van der Waals surface area contributed by atoms with Crippen molar-refractivity contribution >= 4 is 35.3 Å². The molecule has 1 N–H and O–H groups in total. The predicted molar refractivity (Wildman–Crippen MR) is 75.6 cm³/mol. The largest absolute Gasteiger partial charge is 0.357 e. The fourth-order valence-electron chi connectivity index (χ4n) is 1.75. The Kier molecular flexibility index (Phi) is 3.49. The first kappa shape index (κ1) is 12.8. The molecular weight excluding hydrogens is 270 g/mol. The smallest absolute Gasteiger partial charge is 0.227 e. The fraction of sp³-hybridized carbons (Fsp3) is 0.182. The van der Waals surface area contributed by atoms with Crippen LogP contribution in [-0.2, 0) is 0 Å². The summed E-state index contributed by atoms with van der Waals surface area (Å²) in [4.78, 5) is 9.92. The first-order valence-corrected chi connectivity index (χ1v) is 6.11. The zero-order valence-corrected chi connectivity index (χ0v) is 11.5. The third-order valence-electron chi connectivity index (χ3n) is 2.49. The van der Waals surface area contributed by atoms with E-state index in [-0.39, 0.29) is 12.4 Å². The number of aryl methyl sites for hydroxylation is 1. The molecule has 3 aromatic rings. The van der Waals surface area contributed by atoms with Crippen molar-refractivity contribution in [2.24, 2.45) is 0 Å². The first-order chi connectivity index (χ1) is 8.29. The lowest BCUT2D eigenvalue weighted by Gasteiger charge is -2.03. The van der Waals surface area contributed by atoms with E-state index in [2.05, 4.69) is 26.4 Å². The van der Waals surface area contributed by atoms with E-state index in [0.29, 0.717) is 5.95 Å². The molecule has 0 atom stereocenters. The van der Waals surface area contributed by atoms with Crippen LogP contribution in [0.25, 0.3) is 16.1 Å². The van der Waals surface area contributed by atoms with Crippen molar-refractivity contribution in [3.63, 3.8) is 0 Å². The van der Waals surface area contributed by atoms with Gasteiger partial charge in [-0.25, -0.2) is 4.98 Å². The van der Waals surface area contributed by atoms with Gasteiger partial charge in [0, 0.05) is 11.9 Å². The normalized spacial score (nSPS) is 10.3. The molecule has 0 saturated heterocycles. The monoisotopic (exact) mass is 281 g/mol. The summed E-state index contributed by atoms with van der Waals surface area (Å²) < 4.78 is 1.72. The summed E-state index contributed by atoms with van der Waals surface area (Å²) >= 11 is 1.68. The molecule has 0 spiro atoms. The average molecular weight is 282 g/mol. The van der Waals surface area contributed by atoms with Crippen molar-refractivity contribution in [3.05, 3.63) is 29.5 Å². The molecule has 18 heavy (non-hydrogen) atoms. The van der Waals surface area contributed by atoms with Gasteiger partial charge < -0.3 is 5.32 Å². The molecule has 0 amide bonds. The molecule has 94 valence electrons. The summed E-state index contributed by atoms with van der Waals surface area (Å²) in [7, 11) is 1.83. The van der Waals surface area contributed by atoms with E-state index in [1.165, 1.54) is 4.88 Å². The SMILES string of the molecule is CNc1nc(C)nc2c(-c3cccs3)cnn12.Cl. The summed E-state index contributed by atoms with van der Waals surface area (Å²) in [6.45, 7) is 1.88. The quantitative estimate of drug-likeness (QED) is 0.784. The zero-order valence-electron chi connectivity index (χ0n) is 9.91. The third-order valence-corrected chi connectivity index (χ3v) is 3.39. The van der Waals surface area contributed by atoms with Crippen molar-refractivity contribution in [1.82, 2.24) is 19.6 Å². The number of halogens is 1. The van der Waals surface area contributed by atoms with Crippen molar-refractivity contribution in [1.29, 1.82) is 0 Å². The van der Waals surface area contributed by atoms with Gasteiger partial charge in [0.05, 0.1) is 11.8 Å². The number of rotatable bonds is 2. The molecule has 0 aromatic carbocycles. The second-order valence-corrected chi connectivity index (χ2v) is 4.56. The Labute approximate surface area is 114 Å². The van der Waals surface area contributed by atoms with Gasteiger partial charge in [-0.1, -0.05) is 6.07 Å². The van der Waals surface area contributed by atoms with Crippen molar-refractivity contribution in [2.45, 2.75) is 6.92 Å². The minimum atomic E-state index is 0. The summed E-state index contributed by atoms with van der Waals surface area (Å²) in [6.07, 6.45) is 1.83. The van der Waals surface area contributed by atoms with Gasteiger partial charge >= 0.3 is 0 Å². The number of fused-ring (bicyclic) bond motifs is 1. The topological polar surface area (TPSA) is 55.1 Å². The molecule has 5 nitrogen and oxygen atoms in total. The summed E-state index contributed by atoms with van der Waals surface area (Å²) in [5.41, 5.74) is 1.88. The minimum absolute atomic E-state index is 0. The Morgan fingerprint density at radius 2 is 2.17 bits per heavy atom. The number of anilines is 1. The standard InChI is InChI=1S/C11H11N5S.ClH/c1-7-14-10-8(9-4-3-5-17-9)6-13-16(10)11(12-2)15-7;/h3-6H,1-2H3,(H,12,14,15);1H. The number of hydrogen-bond acceptors (Lipinski definition) is 5. The van der Waals surface area contributed by atoms with E-state index in [0.717, 1.165) is 17.0 Å². The van der Waals surface area contributed by atoms with Crippen LogP contribution in [0.4, 0.5) is 5.95 Å². The molecule has 3 heterocycles.